The molecule has 0 saturated carbocycles. The molecule has 0 N–H and O–H groups in total. The Hall–Kier alpha value is -1.26. The number of hydrogen-bond donors (Lipinski definition) is 0. The van der Waals surface area contributed by atoms with Gasteiger partial charge in [0.05, 0.1) is 6.04 Å². The molecule has 86 valence electrons. The summed E-state index contributed by atoms with van der Waals surface area (Å²) < 4.78 is 9.90. The molecule has 0 aromatic carbocycles. The van der Waals surface area contributed by atoms with Gasteiger partial charge in [0, 0.05) is 0 Å². The van der Waals surface area contributed by atoms with Crippen LogP contribution in [0.25, 0.3) is 0 Å². The topological polar surface area (TPSA) is 55.8 Å². The van der Waals surface area contributed by atoms with Crippen LogP contribution in [0.2, 0.25) is 0 Å². The maximum atomic E-state index is 11.6. The van der Waals surface area contributed by atoms with E-state index in [0.717, 1.165) is 4.90 Å². The van der Waals surface area contributed by atoms with E-state index in [4.69, 9.17) is 9.47 Å². The molecular weight excluding hydrogens is 198 g/mol. The van der Waals surface area contributed by atoms with Crippen LogP contribution >= 0.6 is 0 Å². The average molecular weight is 215 g/mol. The monoisotopic (exact) mass is 215 g/mol. The van der Waals surface area contributed by atoms with E-state index in [-0.39, 0.29) is 12.6 Å². The maximum Gasteiger partial charge on any atom is 0.420 e. The molecule has 1 aliphatic rings. The molecule has 1 unspecified atom stereocenters. The Morgan fingerprint density at radius 2 is 2.20 bits per heavy atom. The highest BCUT2D eigenvalue weighted by Gasteiger charge is 2.39. The summed E-state index contributed by atoms with van der Waals surface area (Å²) in [6.45, 7) is 7.42. The minimum absolute atomic E-state index is 0.202. The van der Waals surface area contributed by atoms with E-state index >= 15 is 0 Å². The van der Waals surface area contributed by atoms with Crippen LogP contribution < -0.4 is 0 Å². The molecule has 15 heavy (non-hydrogen) atoms. The van der Waals surface area contributed by atoms with Crippen LogP contribution in [0, 0.1) is 0 Å². The van der Waals surface area contributed by atoms with E-state index < -0.39 is 17.8 Å². The highest BCUT2D eigenvalue weighted by molar-refractivity contribution is 5.89. The van der Waals surface area contributed by atoms with Crippen molar-refractivity contribution in [3.05, 3.63) is 0 Å². The first-order valence-electron chi connectivity index (χ1n) is 5.04. The van der Waals surface area contributed by atoms with Crippen LogP contribution in [0.3, 0.4) is 0 Å². The normalized spacial score (nSPS) is 21.5. The second kappa shape index (κ2) is 4.08. The molecule has 1 aliphatic heterocycles. The second-order valence-corrected chi connectivity index (χ2v) is 4.49. The third kappa shape index (κ3) is 2.84. The van der Waals surface area contributed by atoms with Gasteiger partial charge < -0.3 is 9.47 Å². The van der Waals surface area contributed by atoms with Crippen molar-refractivity contribution in [1.29, 1.82) is 0 Å². The standard InChI is InChI=1S/C10H17NO4/c1-5-7-6-14-8(12)11(7)9(13)15-10(2,3)4/h7H,5-6H2,1-4H3. The number of hydrogen-bond acceptors (Lipinski definition) is 4. The fraction of sp³-hybridized carbons (Fsp3) is 0.800. The SMILES string of the molecule is CCC1COC(=O)N1C(=O)OC(C)(C)C. The third-order valence-electron chi connectivity index (χ3n) is 2.02. The predicted octanol–water partition coefficient (Wildman–Crippen LogP) is 2.15. The third-order valence-corrected chi connectivity index (χ3v) is 2.02. The average Bonchev–Trinajstić information content (AvgIpc) is 2.43. The molecule has 1 saturated heterocycles. The molecule has 0 aliphatic carbocycles. The number of carbonyl (C=O) groups is 2. The van der Waals surface area contributed by atoms with Gasteiger partial charge in [-0.05, 0) is 27.2 Å². The lowest BCUT2D eigenvalue weighted by atomic mass is 10.2. The summed E-state index contributed by atoms with van der Waals surface area (Å²) in [5, 5.41) is 0. The number of nitrogens with zero attached hydrogens (tertiary/aromatic N) is 1. The van der Waals surface area contributed by atoms with Gasteiger partial charge >= 0.3 is 12.2 Å². The molecule has 5 nitrogen and oxygen atoms in total. The zero-order valence-electron chi connectivity index (χ0n) is 9.57. The Morgan fingerprint density at radius 3 is 2.67 bits per heavy atom. The van der Waals surface area contributed by atoms with Crippen molar-refractivity contribution in [1.82, 2.24) is 4.90 Å². The molecule has 1 heterocycles. The lowest BCUT2D eigenvalue weighted by Gasteiger charge is -2.24. The Labute approximate surface area is 89.3 Å². The second-order valence-electron chi connectivity index (χ2n) is 4.49. The van der Waals surface area contributed by atoms with E-state index in [0.29, 0.717) is 6.42 Å². The zero-order valence-corrected chi connectivity index (χ0v) is 9.57. The van der Waals surface area contributed by atoms with Gasteiger partial charge in [-0.1, -0.05) is 6.92 Å². The Kier molecular flexibility index (Phi) is 3.21. The van der Waals surface area contributed by atoms with Crippen LogP contribution in [0.15, 0.2) is 0 Å². The number of ether oxygens (including phenoxy) is 2. The van der Waals surface area contributed by atoms with Gasteiger partial charge in [0.15, 0.2) is 0 Å². The van der Waals surface area contributed by atoms with E-state index in [9.17, 15) is 9.59 Å². The van der Waals surface area contributed by atoms with E-state index in [1.807, 2.05) is 6.92 Å². The van der Waals surface area contributed by atoms with Gasteiger partial charge in [-0.25, -0.2) is 14.5 Å². The number of carbonyl (C=O) groups excluding carboxylic acids is 2. The van der Waals surface area contributed by atoms with Crippen molar-refractivity contribution < 1.29 is 19.1 Å². The Morgan fingerprint density at radius 1 is 1.60 bits per heavy atom. The molecule has 2 amide bonds. The van der Waals surface area contributed by atoms with Crippen LogP contribution in [-0.2, 0) is 9.47 Å². The number of rotatable bonds is 1. The summed E-state index contributed by atoms with van der Waals surface area (Å²) in [5.74, 6) is 0. The lowest BCUT2D eigenvalue weighted by Crippen LogP contribution is -2.42. The largest absolute Gasteiger partial charge is 0.447 e. The van der Waals surface area contributed by atoms with Gasteiger partial charge in [-0.15, -0.1) is 0 Å². The molecular formula is C10H17NO4. The van der Waals surface area contributed by atoms with Gasteiger partial charge in [0.2, 0.25) is 0 Å². The fourth-order valence-electron chi connectivity index (χ4n) is 1.30. The number of amides is 2. The van der Waals surface area contributed by atoms with Crippen molar-refractivity contribution in [2.24, 2.45) is 0 Å². The molecule has 0 spiro atoms. The molecule has 1 rings (SSSR count). The smallest absolute Gasteiger partial charge is 0.420 e. The number of imide groups is 1. The van der Waals surface area contributed by atoms with Crippen molar-refractivity contribution in [3.8, 4) is 0 Å². The summed E-state index contributed by atoms with van der Waals surface area (Å²) in [5.41, 5.74) is -0.599. The summed E-state index contributed by atoms with van der Waals surface area (Å²) in [6, 6.07) is -0.202. The Balaban J connectivity index is 2.69. The number of cyclic esters (lactones) is 1. The minimum atomic E-state index is -0.628. The first-order valence-corrected chi connectivity index (χ1v) is 5.04. The summed E-state index contributed by atoms with van der Waals surface area (Å²) in [4.78, 5) is 24.0. The van der Waals surface area contributed by atoms with Gasteiger partial charge in [0.25, 0.3) is 0 Å². The summed E-state index contributed by atoms with van der Waals surface area (Å²) in [6.07, 6.45) is -0.571. The van der Waals surface area contributed by atoms with Gasteiger partial charge in [-0.3, -0.25) is 0 Å². The van der Waals surface area contributed by atoms with Gasteiger partial charge in [0.1, 0.15) is 12.2 Å². The zero-order chi connectivity index (χ0) is 11.6. The summed E-state index contributed by atoms with van der Waals surface area (Å²) in [7, 11) is 0. The van der Waals surface area contributed by atoms with Crippen molar-refractivity contribution in [2.45, 2.75) is 45.8 Å². The first-order chi connectivity index (χ1) is 6.85. The van der Waals surface area contributed by atoms with Crippen molar-refractivity contribution >= 4 is 12.2 Å². The summed E-state index contributed by atoms with van der Waals surface area (Å²) >= 11 is 0. The van der Waals surface area contributed by atoms with Crippen LogP contribution in [0.5, 0.6) is 0 Å². The molecule has 0 aromatic rings. The minimum Gasteiger partial charge on any atom is -0.447 e. The van der Waals surface area contributed by atoms with E-state index in [2.05, 4.69) is 0 Å². The molecule has 0 radical (unpaired) electrons. The van der Waals surface area contributed by atoms with Crippen molar-refractivity contribution in [3.63, 3.8) is 0 Å². The van der Waals surface area contributed by atoms with Crippen LogP contribution in [0.1, 0.15) is 34.1 Å². The first kappa shape index (κ1) is 11.8. The Bertz CT molecular complexity index is 269. The van der Waals surface area contributed by atoms with Crippen LogP contribution in [0.4, 0.5) is 9.59 Å². The quantitative estimate of drug-likeness (QED) is 0.672. The van der Waals surface area contributed by atoms with E-state index in [1.165, 1.54) is 0 Å². The van der Waals surface area contributed by atoms with Crippen molar-refractivity contribution in [2.75, 3.05) is 6.61 Å². The van der Waals surface area contributed by atoms with E-state index in [1.54, 1.807) is 20.8 Å². The predicted molar refractivity (Wildman–Crippen MR) is 53.5 cm³/mol. The molecule has 5 heteroatoms. The highest BCUT2D eigenvalue weighted by Crippen LogP contribution is 2.19. The molecule has 0 aromatic heterocycles. The van der Waals surface area contributed by atoms with Gasteiger partial charge in [-0.2, -0.15) is 0 Å². The maximum absolute atomic E-state index is 11.6. The molecule has 0 bridgehead atoms. The molecule has 1 atom stereocenters. The fourth-order valence-corrected chi connectivity index (χ4v) is 1.30. The lowest BCUT2D eigenvalue weighted by molar-refractivity contribution is 0.0290. The molecule has 1 fully saturated rings. The van der Waals surface area contributed by atoms with Crippen LogP contribution in [-0.4, -0.2) is 35.3 Å². The highest BCUT2D eigenvalue weighted by atomic mass is 16.6.